The van der Waals surface area contributed by atoms with Crippen molar-refractivity contribution in [1.82, 2.24) is 9.78 Å². The van der Waals surface area contributed by atoms with E-state index in [4.69, 9.17) is 0 Å². The van der Waals surface area contributed by atoms with Crippen LogP contribution in [-0.4, -0.2) is 15.6 Å². The highest BCUT2D eigenvalue weighted by Crippen LogP contribution is 2.31. The van der Waals surface area contributed by atoms with Crippen LogP contribution in [0.4, 0.5) is 0 Å². The normalized spacial score (nSPS) is 23.5. The third kappa shape index (κ3) is 3.46. The Morgan fingerprint density at radius 2 is 2.00 bits per heavy atom. The van der Waals surface area contributed by atoms with Crippen LogP contribution in [0.2, 0.25) is 0 Å². The second kappa shape index (κ2) is 6.36. The Morgan fingerprint density at radius 3 is 2.58 bits per heavy atom. The van der Waals surface area contributed by atoms with Crippen LogP contribution in [0.25, 0.3) is 0 Å². The fourth-order valence-corrected chi connectivity index (χ4v) is 3.23. The predicted octanol–water partition coefficient (Wildman–Crippen LogP) is 3.54. The first kappa shape index (κ1) is 14.3. The van der Waals surface area contributed by atoms with Gasteiger partial charge in [-0.15, -0.1) is 0 Å². The molecule has 0 N–H and O–H groups in total. The average Bonchev–Trinajstić information content (AvgIpc) is 2.78. The van der Waals surface area contributed by atoms with Gasteiger partial charge in [0, 0.05) is 24.6 Å². The van der Waals surface area contributed by atoms with Crippen LogP contribution >= 0.6 is 0 Å². The third-order valence-corrected chi connectivity index (χ3v) is 4.52. The van der Waals surface area contributed by atoms with Crippen molar-refractivity contribution in [3.8, 4) is 0 Å². The number of carbonyl (C=O) groups is 1. The molecule has 0 amide bonds. The summed E-state index contributed by atoms with van der Waals surface area (Å²) in [4.78, 5) is 12.4. The Kier molecular flexibility index (Phi) is 4.78. The number of carbonyl (C=O) groups excluding carboxylic acids is 1. The molecule has 2 rings (SSSR count). The molecule has 1 aromatic heterocycles. The molecular formula is C16H26N2O. The van der Waals surface area contributed by atoms with Gasteiger partial charge < -0.3 is 0 Å². The molecule has 1 heterocycles. The van der Waals surface area contributed by atoms with Crippen LogP contribution in [0.15, 0.2) is 6.07 Å². The van der Waals surface area contributed by atoms with Crippen molar-refractivity contribution < 1.29 is 4.79 Å². The van der Waals surface area contributed by atoms with E-state index in [2.05, 4.69) is 25.0 Å². The van der Waals surface area contributed by atoms with Crippen LogP contribution in [0.5, 0.6) is 0 Å². The maximum Gasteiger partial charge on any atom is 0.141 e. The quantitative estimate of drug-likeness (QED) is 0.813. The van der Waals surface area contributed by atoms with E-state index >= 15 is 0 Å². The molecule has 19 heavy (non-hydrogen) atoms. The molecule has 1 fully saturated rings. The molecule has 3 nitrogen and oxygen atoms in total. The molecule has 0 aromatic carbocycles. The molecule has 0 aliphatic heterocycles. The monoisotopic (exact) mass is 262 g/mol. The Balaban J connectivity index is 1.94. The maximum atomic E-state index is 12.4. The van der Waals surface area contributed by atoms with Crippen LogP contribution in [0, 0.1) is 18.8 Å². The first-order valence-corrected chi connectivity index (χ1v) is 7.70. The van der Waals surface area contributed by atoms with Crippen molar-refractivity contribution in [3.63, 3.8) is 0 Å². The Bertz CT molecular complexity index is 428. The smallest absolute Gasteiger partial charge is 0.141 e. The van der Waals surface area contributed by atoms with E-state index in [1.807, 2.05) is 11.6 Å². The molecule has 0 saturated heterocycles. The lowest BCUT2D eigenvalue weighted by Gasteiger charge is -2.26. The number of hydrogen-bond acceptors (Lipinski definition) is 2. The second-order valence-electron chi connectivity index (χ2n) is 5.86. The summed E-state index contributed by atoms with van der Waals surface area (Å²) < 4.78 is 1.96. The molecule has 0 unspecified atom stereocenters. The summed E-state index contributed by atoms with van der Waals surface area (Å²) >= 11 is 0. The SMILES string of the molecule is CCC1CCC(C(=O)Cc2cc(C)nn2CC)CC1. The van der Waals surface area contributed by atoms with Gasteiger partial charge in [0.05, 0.1) is 5.69 Å². The van der Waals surface area contributed by atoms with E-state index < -0.39 is 0 Å². The van der Waals surface area contributed by atoms with Gasteiger partial charge in [0.1, 0.15) is 5.78 Å². The van der Waals surface area contributed by atoms with Crippen LogP contribution in [-0.2, 0) is 17.8 Å². The summed E-state index contributed by atoms with van der Waals surface area (Å²) in [6, 6.07) is 2.05. The molecule has 0 bridgehead atoms. The van der Waals surface area contributed by atoms with Gasteiger partial charge in [-0.2, -0.15) is 5.10 Å². The van der Waals surface area contributed by atoms with E-state index in [0.29, 0.717) is 18.1 Å². The number of rotatable bonds is 5. The van der Waals surface area contributed by atoms with Gasteiger partial charge in [0.25, 0.3) is 0 Å². The highest BCUT2D eigenvalue weighted by Gasteiger charge is 2.26. The van der Waals surface area contributed by atoms with Crippen molar-refractivity contribution in [2.45, 2.75) is 65.8 Å². The van der Waals surface area contributed by atoms with Crippen molar-refractivity contribution in [3.05, 3.63) is 17.5 Å². The van der Waals surface area contributed by atoms with Gasteiger partial charge >= 0.3 is 0 Å². The molecule has 1 aromatic rings. The molecule has 1 aliphatic carbocycles. The molecule has 3 heteroatoms. The molecule has 0 atom stereocenters. The topological polar surface area (TPSA) is 34.9 Å². The molecule has 0 radical (unpaired) electrons. The number of Topliss-reactive ketones (excluding diaryl/α,β-unsaturated/α-hetero) is 1. The minimum Gasteiger partial charge on any atom is -0.299 e. The molecule has 106 valence electrons. The molecule has 1 saturated carbocycles. The van der Waals surface area contributed by atoms with Gasteiger partial charge in [-0.05, 0) is 51.5 Å². The van der Waals surface area contributed by atoms with E-state index in [-0.39, 0.29) is 0 Å². The van der Waals surface area contributed by atoms with Crippen LogP contribution < -0.4 is 0 Å². The third-order valence-electron chi connectivity index (χ3n) is 4.52. The van der Waals surface area contributed by atoms with Crippen molar-refractivity contribution in [1.29, 1.82) is 0 Å². The van der Waals surface area contributed by atoms with Gasteiger partial charge in [-0.3, -0.25) is 9.48 Å². The van der Waals surface area contributed by atoms with E-state index in [9.17, 15) is 4.79 Å². The summed E-state index contributed by atoms with van der Waals surface area (Å²) in [5.74, 6) is 1.57. The summed E-state index contributed by atoms with van der Waals surface area (Å²) in [7, 11) is 0. The summed E-state index contributed by atoms with van der Waals surface area (Å²) in [6.45, 7) is 7.17. The minimum atomic E-state index is 0.295. The average molecular weight is 262 g/mol. The first-order chi connectivity index (χ1) is 9.13. The van der Waals surface area contributed by atoms with Crippen molar-refractivity contribution in [2.24, 2.45) is 11.8 Å². The first-order valence-electron chi connectivity index (χ1n) is 7.70. The summed E-state index contributed by atoms with van der Waals surface area (Å²) in [6.07, 6.45) is 6.49. The van der Waals surface area contributed by atoms with Crippen molar-refractivity contribution >= 4 is 5.78 Å². The number of aryl methyl sites for hydroxylation is 2. The number of hydrogen-bond donors (Lipinski definition) is 0. The summed E-state index contributed by atoms with van der Waals surface area (Å²) in [5.41, 5.74) is 2.10. The largest absolute Gasteiger partial charge is 0.299 e. The molecule has 0 spiro atoms. The fourth-order valence-electron chi connectivity index (χ4n) is 3.23. The zero-order chi connectivity index (χ0) is 13.8. The Labute approximate surface area is 116 Å². The lowest BCUT2D eigenvalue weighted by molar-refractivity contribution is -0.123. The number of nitrogens with zero attached hydrogens (tertiary/aromatic N) is 2. The van der Waals surface area contributed by atoms with Gasteiger partial charge in [-0.1, -0.05) is 13.3 Å². The lowest BCUT2D eigenvalue weighted by Crippen LogP contribution is -2.24. The molecular weight excluding hydrogens is 236 g/mol. The lowest BCUT2D eigenvalue weighted by atomic mass is 9.78. The second-order valence-corrected chi connectivity index (χ2v) is 5.86. The standard InChI is InChI=1S/C16H26N2O/c1-4-13-6-8-14(9-7-13)16(19)11-15-10-12(3)17-18(15)5-2/h10,13-14H,4-9,11H2,1-3H3. The van der Waals surface area contributed by atoms with Crippen LogP contribution in [0.3, 0.4) is 0 Å². The minimum absolute atomic E-state index is 0.295. The van der Waals surface area contributed by atoms with Crippen molar-refractivity contribution in [2.75, 3.05) is 0 Å². The van der Waals surface area contributed by atoms with E-state index in [1.165, 1.54) is 19.3 Å². The number of ketones is 1. The molecule has 1 aliphatic rings. The highest BCUT2D eigenvalue weighted by molar-refractivity contribution is 5.83. The number of aromatic nitrogens is 2. The zero-order valence-electron chi connectivity index (χ0n) is 12.5. The predicted molar refractivity (Wildman–Crippen MR) is 77.1 cm³/mol. The van der Waals surface area contributed by atoms with Gasteiger partial charge in [-0.25, -0.2) is 0 Å². The van der Waals surface area contributed by atoms with Crippen LogP contribution in [0.1, 0.15) is 57.3 Å². The highest BCUT2D eigenvalue weighted by atomic mass is 16.1. The summed E-state index contributed by atoms with van der Waals surface area (Å²) in [5, 5.41) is 4.42. The van der Waals surface area contributed by atoms with E-state index in [0.717, 1.165) is 36.7 Å². The zero-order valence-corrected chi connectivity index (χ0v) is 12.5. The Morgan fingerprint density at radius 1 is 1.32 bits per heavy atom. The van der Waals surface area contributed by atoms with E-state index in [1.54, 1.807) is 0 Å². The Hall–Kier alpha value is -1.12. The van der Waals surface area contributed by atoms with Gasteiger partial charge in [0.2, 0.25) is 0 Å². The maximum absolute atomic E-state index is 12.4. The van der Waals surface area contributed by atoms with Gasteiger partial charge in [0.15, 0.2) is 0 Å². The fraction of sp³-hybridized carbons (Fsp3) is 0.750.